The van der Waals surface area contributed by atoms with E-state index in [1.807, 2.05) is 6.07 Å². The summed E-state index contributed by atoms with van der Waals surface area (Å²) in [6.07, 6.45) is 8.42. The fraction of sp³-hybridized carbons (Fsp3) is 0.520. The molecular formula is C25H31N3O6. The second-order valence-electron chi connectivity index (χ2n) is 8.84. The Morgan fingerprint density at radius 3 is 2.53 bits per heavy atom. The number of hydrogen-bond acceptors (Lipinski definition) is 6. The number of allylic oxidation sites excluding steroid dienone is 1. The zero-order chi connectivity index (χ0) is 24.2. The minimum absolute atomic E-state index is 0.160. The first-order valence-electron chi connectivity index (χ1n) is 11.8. The molecule has 4 rings (SSSR count). The van der Waals surface area contributed by atoms with Crippen molar-refractivity contribution in [3.8, 4) is 11.5 Å². The van der Waals surface area contributed by atoms with Gasteiger partial charge in [-0.15, -0.1) is 0 Å². The summed E-state index contributed by atoms with van der Waals surface area (Å²) in [5.74, 6) is -0.891. The van der Waals surface area contributed by atoms with Crippen LogP contribution in [0.25, 0.3) is 0 Å². The number of imide groups is 2. The predicted octanol–water partition coefficient (Wildman–Crippen LogP) is 3.05. The maximum absolute atomic E-state index is 13.2. The Morgan fingerprint density at radius 2 is 1.82 bits per heavy atom. The van der Waals surface area contributed by atoms with E-state index in [9.17, 15) is 19.2 Å². The molecule has 2 aliphatic heterocycles. The molecule has 0 unspecified atom stereocenters. The van der Waals surface area contributed by atoms with E-state index in [1.165, 1.54) is 5.57 Å². The van der Waals surface area contributed by atoms with Crippen molar-refractivity contribution >= 4 is 23.8 Å². The van der Waals surface area contributed by atoms with E-state index < -0.39 is 24.4 Å². The lowest BCUT2D eigenvalue weighted by molar-refractivity contribution is -0.145. The maximum Gasteiger partial charge on any atom is 0.334 e. The third kappa shape index (κ3) is 4.64. The average Bonchev–Trinajstić information content (AvgIpc) is 3.43. The molecule has 0 N–H and O–H groups in total. The first-order chi connectivity index (χ1) is 16.4. The number of carbonyl (C=O) groups is 4. The Kier molecular flexibility index (Phi) is 7.19. The lowest BCUT2D eigenvalue weighted by Gasteiger charge is -2.28. The molecule has 0 saturated carbocycles. The SMILES string of the molecule is COc1ccc(OC)c([C@H]2CCCN2C(=O)CN2C(=O)C(=O)N(CCC3=CCCCC3)C2=O)c1. The van der Waals surface area contributed by atoms with Crippen LogP contribution in [-0.2, 0) is 14.4 Å². The Hall–Kier alpha value is -3.36. The van der Waals surface area contributed by atoms with Crippen LogP contribution in [0.4, 0.5) is 4.79 Å². The molecule has 1 aromatic rings. The molecule has 5 amide bonds. The van der Waals surface area contributed by atoms with E-state index in [4.69, 9.17) is 9.47 Å². The van der Waals surface area contributed by atoms with Crippen molar-refractivity contribution < 1.29 is 28.7 Å². The zero-order valence-electron chi connectivity index (χ0n) is 19.7. The van der Waals surface area contributed by atoms with Gasteiger partial charge in [-0.05, 0) is 63.1 Å². The quantitative estimate of drug-likeness (QED) is 0.330. The summed E-state index contributed by atoms with van der Waals surface area (Å²) in [5, 5.41) is 0. The number of hydrogen-bond donors (Lipinski definition) is 0. The van der Waals surface area contributed by atoms with Gasteiger partial charge in [0.1, 0.15) is 18.0 Å². The van der Waals surface area contributed by atoms with Crippen LogP contribution in [0.3, 0.4) is 0 Å². The Bertz CT molecular complexity index is 1020. The molecule has 9 nitrogen and oxygen atoms in total. The van der Waals surface area contributed by atoms with E-state index in [0.717, 1.165) is 53.9 Å². The van der Waals surface area contributed by atoms with E-state index in [-0.39, 0.29) is 18.5 Å². The van der Waals surface area contributed by atoms with Gasteiger partial charge in [0.05, 0.1) is 20.3 Å². The normalized spacial score (nSPS) is 20.8. The summed E-state index contributed by atoms with van der Waals surface area (Å²) >= 11 is 0. The predicted molar refractivity (Wildman–Crippen MR) is 123 cm³/mol. The molecule has 1 aliphatic carbocycles. The van der Waals surface area contributed by atoms with Crippen molar-refractivity contribution in [3.05, 3.63) is 35.4 Å². The lowest BCUT2D eigenvalue weighted by Crippen LogP contribution is -2.43. The van der Waals surface area contributed by atoms with Gasteiger partial charge in [-0.1, -0.05) is 11.6 Å². The number of methoxy groups -OCH3 is 2. The molecule has 1 atom stereocenters. The van der Waals surface area contributed by atoms with Gasteiger partial charge in [0.25, 0.3) is 0 Å². The van der Waals surface area contributed by atoms with Gasteiger partial charge in [0.2, 0.25) is 5.91 Å². The number of benzene rings is 1. The largest absolute Gasteiger partial charge is 0.497 e. The third-order valence-corrected chi connectivity index (χ3v) is 6.84. The van der Waals surface area contributed by atoms with Gasteiger partial charge in [0, 0.05) is 18.7 Å². The second kappa shape index (κ2) is 10.3. The number of ether oxygens (including phenoxy) is 2. The number of likely N-dealkylation sites (tertiary alicyclic amines) is 1. The summed E-state index contributed by atoms with van der Waals surface area (Å²) in [6.45, 7) is 0.199. The molecule has 1 aromatic carbocycles. The van der Waals surface area contributed by atoms with Gasteiger partial charge < -0.3 is 14.4 Å². The molecule has 0 spiro atoms. The van der Waals surface area contributed by atoms with Gasteiger partial charge in [-0.25, -0.2) is 9.69 Å². The van der Waals surface area contributed by atoms with Gasteiger partial charge in [-0.3, -0.25) is 19.3 Å². The smallest absolute Gasteiger partial charge is 0.334 e. The molecule has 9 heteroatoms. The van der Waals surface area contributed by atoms with E-state index in [2.05, 4.69) is 6.08 Å². The zero-order valence-corrected chi connectivity index (χ0v) is 19.7. The fourth-order valence-electron chi connectivity index (χ4n) is 4.99. The third-order valence-electron chi connectivity index (χ3n) is 6.84. The molecule has 182 valence electrons. The summed E-state index contributed by atoms with van der Waals surface area (Å²) in [4.78, 5) is 54.5. The molecule has 2 heterocycles. The van der Waals surface area contributed by atoms with Crippen molar-refractivity contribution in [2.45, 2.75) is 51.0 Å². The van der Waals surface area contributed by atoms with Crippen molar-refractivity contribution in [1.82, 2.24) is 14.7 Å². The highest BCUT2D eigenvalue weighted by Gasteiger charge is 2.46. The number of amides is 5. The van der Waals surface area contributed by atoms with Crippen molar-refractivity contribution in [2.75, 3.05) is 33.9 Å². The van der Waals surface area contributed by atoms with Crippen LogP contribution in [0, 0.1) is 0 Å². The Balaban J connectivity index is 1.45. The molecule has 0 aromatic heterocycles. The summed E-state index contributed by atoms with van der Waals surface area (Å²) in [5.41, 5.74) is 2.02. The van der Waals surface area contributed by atoms with Crippen LogP contribution >= 0.6 is 0 Å². The van der Waals surface area contributed by atoms with Crippen LogP contribution in [-0.4, -0.2) is 72.3 Å². The van der Waals surface area contributed by atoms with Crippen LogP contribution < -0.4 is 9.47 Å². The number of rotatable bonds is 8. The molecule has 2 saturated heterocycles. The minimum atomic E-state index is -0.939. The topological polar surface area (TPSA) is 96.5 Å². The molecule has 2 fully saturated rings. The van der Waals surface area contributed by atoms with E-state index in [1.54, 1.807) is 31.3 Å². The molecule has 0 bridgehead atoms. The van der Waals surface area contributed by atoms with E-state index >= 15 is 0 Å². The monoisotopic (exact) mass is 469 g/mol. The van der Waals surface area contributed by atoms with Gasteiger partial charge in [-0.2, -0.15) is 0 Å². The van der Waals surface area contributed by atoms with Crippen molar-refractivity contribution in [3.63, 3.8) is 0 Å². The Labute approximate surface area is 199 Å². The van der Waals surface area contributed by atoms with Gasteiger partial charge >= 0.3 is 17.8 Å². The van der Waals surface area contributed by atoms with Crippen LogP contribution in [0.2, 0.25) is 0 Å². The van der Waals surface area contributed by atoms with E-state index in [0.29, 0.717) is 24.5 Å². The molecule has 0 radical (unpaired) electrons. The number of nitrogens with zero attached hydrogens (tertiary/aromatic N) is 3. The molecular weight excluding hydrogens is 438 g/mol. The summed E-state index contributed by atoms with van der Waals surface area (Å²) in [6, 6.07) is 4.44. The number of urea groups is 1. The first-order valence-corrected chi connectivity index (χ1v) is 11.8. The minimum Gasteiger partial charge on any atom is -0.497 e. The van der Waals surface area contributed by atoms with Crippen molar-refractivity contribution in [2.24, 2.45) is 0 Å². The highest BCUT2D eigenvalue weighted by atomic mass is 16.5. The summed E-state index contributed by atoms with van der Waals surface area (Å²) < 4.78 is 10.8. The maximum atomic E-state index is 13.2. The molecule has 34 heavy (non-hydrogen) atoms. The number of carbonyl (C=O) groups excluding carboxylic acids is 4. The first kappa shape index (κ1) is 23.8. The lowest BCUT2D eigenvalue weighted by atomic mass is 9.97. The Morgan fingerprint density at radius 1 is 1.03 bits per heavy atom. The fourth-order valence-corrected chi connectivity index (χ4v) is 4.99. The van der Waals surface area contributed by atoms with Crippen LogP contribution in [0.5, 0.6) is 11.5 Å². The standard InChI is InChI=1S/C25H31N3O6/c1-33-18-10-11-21(34-2)19(15-18)20-9-6-13-26(20)22(29)16-28-24(31)23(30)27(25(28)32)14-12-17-7-4-3-5-8-17/h7,10-11,15,20H,3-6,8-9,12-14,16H2,1-2H3/t20-/m1/s1. The average molecular weight is 470 g/mol. The second-order valence-corrected chi connectivity index (χ2v) is 8.84. The highest BCUT2D eigenvalue weighted by Crippen LogP contribution is 2.39. The van der Waals surface area contributed by atoms with Crippen LogP contribution in [0.15, 0.2) is 29.8 Å². The summed E-state index contributed by atoms with van der Waals surface area (Å²) in [7, 11) is 3.14. The van der Waals surface area contributed by atoms with Gasteiger partial charge in [0.15, 0.2) is 0 Å². The van der Waals surface area contributed by atoms with Crippen molar-refractivity contribution in [1.29, 1.82) is 0 Å². The highest BCUT2D eigenvalue weighted by molar-refractivity contribution is 6.45. The molecule has 3 aliphatic rings. The van der Waals surface area contributed by atoms with Crippen LogP contribution in [0.1, 0.15) is 56.6 Å².